The van der Waals surface area contributed by atoms with Crippen LogP contribution in [-0.2, 0) is 0 Å². The summed E-state index contributed by atoms with van der Waals surface area (Å²) in [6.07, 6.45) is 9.38. The summed E-state index contributed by atoms with van der Waals surface area (Å²) < 4.78 is 6.13. The first kappa shape index (κ1) is 16.2. The lowest BCUT2D eigenvalue weighted by Gasteiger charge is -2.30. The lowest BCUT2D eigenvalue weighted by Crippen LogP contribution is -2.36. The van der Waals surface area contributed by atoms with E-state index in [2.05, 4.69) is 35.8 Å². The zero-order valence-electron chi connectivity index (χ0n) is 12.9. The van der Waals surface area contributed by atoms with Crippen LogP contribution in [0.4, 0.5) is 5.82 Å². The van der Waals surface area contributed by atoms with Crippen LogP contribution in [0.3, 0.4) is 0 Å². The van der Waals surface area contributed by atoms with E-state index in [9.17, 15) is 0 Å². The van der Waals surface area contributed by atoms with E-state index in [4.69, 9.17) is 16.2 Å². The van der Waals surface area contributed by atoms with E-state index in [1.54, 1.807) is 6.21 Å². The number of hydrogen-bond donors (Lipinski definition) is 2. The zero-order valence-corrected chi connectivity index (χ0v) is 14.4. The number of nitrogens with two attached hydrogens (primary N) is 2. The number of ether oxygens (including phenoxy) is 1. The molecule has 1 aliphatic heterocycles. The summed E-state index contributed by atoms with van der Waals surface area (Å²) in [5.41, 5.74) is 11.4. The normalized spacial score (nSPS) is 21.0. The summed E-state index contributed by atoms with van der Waals surface area (Å²) in [4.78, 5) is 15.3. The van der Waals surface area contributed by atoms with Crippen molar-refractivity contribution >= 4 is 28.0 Å². The molecule has 0 aromatic carbocycles. The number of nitrogen functional groups attached to an aromatic ring is 1. The van der Waals surface area contributed by atoms with Gasteiger partial charge in [-0.15, -0.1) is 0 Å². The van der Waals surface area contributed by atoms with E-state index in [0.29, 0.717) is 16.4 Å². The lowest BCUT2D eigenvalue weighted by atomic mass is 10.1. The molecule has 0 atom stereocenters. The summed E-state index contributed by atoms with van der Waals surface area (Å²) in [5.74, 6) is 0.832. The fourth-order valence-corrected chi connectivity index (χ4v) is 2.93. The summed E-state index contributed by atoms with van der Waals surface area (Å²) in [7, 11) is 0. The molecule has 0 unspecified atom stereocenters. The number of aromatic nitrogens is 2. The molecule has 1 aromatic rings. The highest BCUT2D eigenvalue weighted by Gasteiger charge is 2.31. The largest absolute Gasteiger partial charge is 0.433 e. The van der Waals surface area contributed by atoms with Gasteiger partial charge in [-0.3, -0.25) is 4.99 Å². The highest BCUT2D eigenvalue weighted by atomic mass is 79.9. The van der Waals surface area contributed by atoms with Crippen molar-refractivity contribution in [1.29, 1.82) is 0 Å². The van der Waals surface area contributed by atoms with E-state index in [1.807, 2.05) is 0 Å². The molecule has 2 heterocycles. The van der Waals surface area contributed by atoms with Gasteiger partial charge in [0.2, 0.25) is 0 Å². The molecule has 1 saturated heterocycles. The molecule has 0 spiro atoms. The fraction of sp³-hybridized carbons (Fsp3) is 0.533. The number of nitrogens with zero attached hydrogens (tertiary/aromatic N) is 4. The molecule has 124 valence electrons. The maximum absolute atomic E-state index is 5.74. The molecule has 1 aliphatic carbocycles. The van der Waals surface area contributed by atoms with Gasteiger partial charge in [-0.1, -0.05) is 0 Å². The van der Waals surface area contributed by atoms with Gasteiger partial charge in [-0.2, -0.15) is 0 Å². The Morgan fingerprint density at radius 1 is 1.35 bits per heavy atom. The minimum absolute atomic E-state index is 0.207. The fourth-order valence-electron chi connectivity index (χ4n) is 2.67. The molecule has 3 rings (SSSR count). The van der Waals surface area contributed by atoms with Crippen molar-refractivity contribution < 1.29 is 4.74 Å². The van der Waals surface area contributed by atoms with Crippen molar-refractivity contribution in [3.8, 4) is 5.88 Å². The van der Waals surface area contributed by atoms with Crippen LogP contribution in [0.25, 0.3) is 0 Å². The molecule has 0 amide bonds. The minimum atomic E-state index is 0.207. The quantitative estimate of drug-likeness (QED) is 0.595. The van der Waals surface area contributed by atoms with E-state index in [0.717, 1.165) is 32.0 Å². The van der Waals surface area contributed by atoms with Crippen molar-refractivity contribution in [3.63, 3.8) is 0 Å². The summed E-state index contributed by atoms with van der Waals surface area (Å²) in [6, 6.07) is 1.15. The second kappa shape index (κ2) is 7.27. The molecule has 1 aromatic heterocycles. The minimum Gasteiger partial charge on any atom is -0.433 e. The molecule has 4 N–H and O–H groups in total. The first-order valence-corrected chi connectivity index (χ1v) is 8.60. The number of hydrogen-bond acceptors (Lipinski definition) is 7. The Hall–Kier alpha value is -1.67. The van der Waals surface area contributed by atoms with E-state index >= 15 is 0 Å². The lowest BCUT2D eigenvalue weighted by molar-refractivity contribution is 0.205. The maximum atomic E-state index is 5.74. The number of piperidine rings is 1. The van der Waals surface area contributed by atoms with Gasteiger partial charge in [0.1, 0.15) is 4.60 Å². The average Bonchev–Trinajstić information content (AvgIpc) is 3.40. The van der Waals surface area contributed by atoms with Gasteiger partial charge in [-0.05, 0) is 41.6 Å². The van der Waals surface area contributed by atoms with Crippen LogP contribution >= 0.6 is 15.9 Å². The van der Waals surface area contributed by atoms with Crippen LogP contribution in [0.1, 0.15) is 25.7 Å². The maximum Gasteiger partial charge on any atom is 0.263 e. The highest BCUT2D eigenvalue weighted by molar-refractivity contribution is 9.10. The Kier molecular flexibility index (Phi) is 5.12. The van der Waals surface area contributed by atoms with Crippen molar-refractivity contribution in [3.05, 3.63) is 22.8 Å². The zero-order chi connectivity index (χ0) is 16.2. The molecule has 0 radical (unpaired) electrons. The Bertz CT molecular complexity index is 608. The standard InChI is InChI=1S/C15H21BrN6O/c16-13-9-20-14(18)15(21-13)23-12(7-17)8-19-10-3-5-22(6-4-10)11-1-2-11/h7-11H,1-6,17H2,(H2,18,20). The van der Waals surface area contributed by atoms with Crippen LogP contribution < -0.4 is 16.2 Å². The third-order valence-corrected chi connectivity index (χ3v) is 4.47. The molecule has 2 fully saturated rings. The van der Waals surface area contributed by atoms with Crippen LogP contribution in [-0.4, -0.2) is 46.3 Å². The molecule has 7 nitrogen and oxygen atoms in total. The number of halogens is 1. The number of allylic oxidation sites excluding steroid dienone is 1. The van der Waals surface area contributed by atoms with Crippen molar-refractivity contribution in [1.82, 2.24) is 14.9 Å². The topological polar surface area (TPSA) is 103 Å². The smallest absolute Gasteiger partial charge is 0.263 e. The van der Waals surface area contributed by atoms with Gasteiger partial charge in [0.05, 0.1) is 18.5 Å². The third-order valence-electron chi connectivity index (χ3n) is 4.09. The Morgan fingerprint density at radius 2 is 2.09 bits per heavy atom. The molecule has 0 bridgehead atoms. The summed E-state index contributed by atoms with van der Waals surface area (Å²) >= 11 is 3.23. The average molecular weight is 381 g/mol. The highest BCUT2D eigenvalue weighted by Crippen LogP contribution is 2.29. The first-order chi connectivity index (χ1) is 11.2. The van der Waals surface area contributed by atoms with E-state index in [1.165, 1.54) is 25.2 Å². The number of likely N-dealkylation sites (tertiary alicyclic amines) is 1. The van der Waals surface area contributed by atoms with Crippen LogP contribution in [0, 0.1) is 0 Å². The predicted octanol–water partition coefficient (Wildman–Crippen LogP) is 1.70. The van der Waals surface area contributed by atoms with Gasteiger partial charge < -0.3 is 21.1 Å². The molecular formula is C15H21BrN6O. The van der Waals surface area contributed by atoms with Gasteiger partial charge in [-0.25, -0.2) is 9.97 Å². The predicted molar refractivity (Wildman–Crippen MR) is 93.2 cm³/mol. The second-order valence-electron chi connectivity index (χ2n) is 5.83. The SMILES string of the molecule is NC=C(C=NC1CCN(C2CC2)CC1)Oc1nc(Br)cnc1N. The van der Waals surface area contributed by atoms with Crippen molar-refractivity contribution in [2.24, 2.45) is 10.7 Å². The van der Waals surface area contributed by atoms with Crippen molar-refractivity contribution in [2.75, 3.05) is 18.8 Å². The number of anilines is 1. The second-order valence-corrected chi connectivity index (χ2v) is 6.64. The molecule has 23 heavy (non-hydrogen) atoms. The van der Waals surface area contributed by atoms with Gasteiger partial charge in [0.25, 0.3) is 5.88 Å². The molecule has 8 heteroatoms. The van der Waals surface area contributed by atoms with E-state index < -0.39 is 0 Å². The molecule has 2 aliphatic rings. The van der Waals surface area contributed by atoms with Gasteiger partial charge in [0, 0.05) is 25.3 Å². The Labute approximate surface area is 143 Å². The third kappa shape index (κ3) is 4.42. The monoisotopic (exact) mass is 380 g/mol. The Morgan fingerprint density at radius 3 is 2.74 bits per heavy atom. The molecule has 1 saturated carbocycles. The van der Waals surface area contributed by atoms with Crippen LogP contribution in [0.2, 0.25) is 0 Å². The van der Waals surface area contributed by atoms with Gasteiger partial charge in [0.15, 0.2) is 11.6 Å². The van der Waals surface area contributed by atoms with Crippen molar-refractivity contribution in [2.45, 2.75) is 37.8 Å². The Balaban J connectivity index is 1.55. The van der Waals surface area contributed by atoms with E-state index in [-0.39, 0.29) is 11.7 Å². The molecular weight excluding hydrogens is 360 g/mol. The number of aliphatic imine (C=N–C) groups is 1. The number of rotatable bonds is 5. The first-order valence-electron chi connectivity index (χ1n) is 7.80. The summed E-state index contributed by atoms with van der Waals surface area (Å²) in [5, 5.41) is 0. The van der Waals surface area contributed by atoms with Crippen LogP contribution in [0.15, 0.2) is 27.8 Å². The van der Waals surface area contributed by atoms with Crippen LogP contribution in [0.5, 0.6) is 5.88 Å². The van der Waals surface area contributed by atoms with Gasteiger partial charge >= 0.3 is 0 Å². The summed E-state index contributed by atoms with van der Waals surface area (Å²) in [6.45, 7) is 2.25.